The van der Waals surface area contributed by atoms with Crippen LogP contribution >= 0.6 is 12.4 Å². The van der Waals surface area contributed by atoms with Crippen molar-refractivity contribution in [1.82, 2.24) is 10.3 Å². The van der Waals surface area contributed by atoms with E-state index in [4.69, 9.17) is 9.47 Å². The molecule has 108 valence electrons. The maximum atomic E-state index is 9.76. The first-order valence-electron chi connectivity index (χ1n) is 6.33. The maximum Gasteiger partial charge on any atom is 0.213 e. The summed E-state index contributed by atoms with van der Waals surface area (Å²) in [6.07, 6.45) is 1.89. The van der Waals surface area contributed by atoms with Crippen molar-refractivity contribution in [2.24, 2.45) is 0 Å². The fourth-order valence-electron chi connectivity index (χ4n) is 1.89. The van der Waals surface area contributed by atoms with E-state index in [0.717, 1.165) is 18.7 Å². The minimum atomic E-state index is -0.479. The van der Waals surface area contributed by atoms with E-state index in [9.17, 15) is 5.11 Å². The highest BCUT2D eigenvalue weighted by molar-refractivity contribution is 5.85. The summed E-state index contributed by atoms with van der Waals surface area (Å²) in [5, 5.41) is 12.9. The average molecular weight is 289 g/mol. The Labute approximate surface area is 119 Å². The third kappa shape index (κ3) is 4.86. The number of hydrogen-bond donors (Lipinski definition) is 2. The average Bonchev–Trinajstić information content (AvgIpc) is 2.34. The topological polar surface area (TPSA) is 63.6 Å². The lowest BCUT2D eigenvalue weighted by Crippen LogP contribution is -2.46. The van der Waals surface area contributed by atoms with Crippen LogP contribution < -0.4 is 14.8 Å². The van der Waals surface area contributed by atoms with Gasteiger partial charge >= 0.3 is 0 Å². The van der Waals surface area contributed by atoms with E-state index in [1.807, 2.05) is 19.9 Å². The quantitative estimate of drug-likeness (QED) is 0.877. The second-order valence-corrected chi connectivity index (χ2v) is 4.72. The molecule has 5 nitrogen and oxygen atoms in total. The number of piperidine rings is 1. The molecule has 2 N–H and O–H groups in total. The van der Waals surface area contributed by atoms with Crippen molar-refractivity contribution in [2.45, 2.75) is 38.6 Å². The van der Waals surface area contributed by atoms with E-state index in [2.05, 4.69) is 10.3 Å². The standard InChI is InChI=1S/C13H20N2O3.ClH/c1-9(2)17-10-3-4-13(15-7-10)18-12-5-6-14-8-11(12)16;/h3-4,7,9,11-12,14,16H,5-6,8H2,1-2H3;1H/t11-,12-;/m0./s1. The molecule has 1 aliphatic heterocycles. The Morgan fingerprint density at radius 1 is 1.42 bits per heavy atom. The highest BCUT2D eigenvalue weighted by Gasteiger charge is 2.24. The van der Waals surface area contributed by atoms with Gasteiger partial charge in [0.15, 0.2) is 0 Å². The molecule has 2 heterocycles. The van der Waals surface area contributed by atoms with Crippen LogP contribution in [0.2, 0.25) is 0 Å². The van der Waals surface area contributed by atoms with Crippen LogP contribution in [-0.4, -0.2) is 41.5 Å². The van der Waals surface area contributed by atoms with E-state index in [-0.39, 0.29) is 24.6 Å². The van der Waals surface area contributed by atoms with Gasteiger partial charge in [0.1, 0.15) is 18.0 Å². The van der Waals surface area contributed by atoms with Crippen LogP contribution in [0.3, 0.4) is 0 Å². The Kier molecular flexibility index (Phi) is 6.34. The monoisotopic (exact) mass is 288 g/mol. The molecule has 0 amide bonds. The van der Waals surface area contributed by atoms with E-state index < -0.39 is 6.10 Å². The third-order valence-electron chi connectivity index (χ3n) is 2.74. The van der Waals surface area contributed by atoms with E-state index >= 15 is 0 Å². The Morgan fingerprint density at radius 2 is 2.21 bits per heavy atom. The molecule has 0 radical (unpaired) electrons. The number of β-amino-alcohol motifs (C(OH)–C–C–N with tert-alkyl or cyclic N) is 1. The Hall–Kier alpha value is -1.04. The molecule has 19 heavy (non-hydrogen) atoms. The van der Waals surface area contributed by atoms with E-state index in [1.165, 1.54) is 0 Å². The lowest BCUT2D eigenvalue weighted by Gasteiger charge is -2.28. The van der Waals surface area contributed by atoms with Crippen molar-refractivity contribution in [1.29, 1.82) is 0 Å². The number of nitrogens with one attached hydrogen (secondary N) is 1. The zero-order valence-electron chi connectivity index (χ0n) is 11.2. The molecule has 1 aliphatic rings. The second kappa shape index (κ2) is 7.53. The largest absolute Gasteiger partial charge is 0.489 e. The van der Waals surface area contributed by atoms with Crippen molar-refractivity contribution in [2.75, 3.05) is 13.1 Å². The Bertz CT molecular complexity index is 373. The lowest BCUT2D eigenvalue weighted by atomic mass is 10.1. The molecule has 1 fully saturated rings. The maximum absolute atomic E-state index is 9.76. The zero-order chi connectivity index (χ0) is 13.0. The number of aromatic nitrogens is 1. The molecular weight excluding hydrogens is 268 g/mol. The van der Waals surface area contributed by atoms with E-state index in [0.29, 0.717) is 12.4 Å². The summed E-state index contributed by atoms with van der Waals surface area (Å²) in [6.45, 7) is 5.36. The summed E-state index contributed by atoms with van der Waals surface area (Å²) < 4.78 is 11.2. The zero-order valence-corrected chi connectivity index (χ0v) is 12.0. The summed E-state index contributed by atoms with van der Waals surface area (Å²) in [4.78, 5) is 4.18. The molecule has 0 aliphatic carbocycles. The molecule has 0 unspecified atom stereocenters. The third-order valence-corrected chi connectivity index (χ3v) is 2.74. The van der Waals surface area contributed by atoms with Crippen molar-refractivity contribution in [3.05, 3.63) is 18.3 Å². The highest BCUT2D eigenvalue weighted by Crippen LogP contribution is 2.18. The van der Waals surface area contributed by atoms with Crippen molar-refractivity contribution in [3.63, 3.8) is 0 Å². The van der Waals surface area contributed by atoms with Gasteiger partial charge in [-0.2, -0.15) is 0 Å². The number of aliphatic hydroxyl groups is 1. The van der Waals surface area contributed by atoms with Crippen LogP contribution in [0.5, 0.6) is 11.6 Å². The van der Waals surface area contributed by atoms with Crippen LogP contribution in [0.1, 0.15) is 20.3 Å². The summed E-state index contributed by atoms with van der Waals surface area (Å²) in [7, 11) is 0. The Balaban J connectivity index is 0.00000180. The van der Waals surface area contributed by atoms with Crippen LogP contribution in [-0.2, 0) is 0 Å². The minimum Gasteiger partial charge on any atom is -0.489 e. The molecule has 0 saturated carbocycles. The SMILES string of the molecule is CC(C)Oc1ccc(O[C@H]2CCNC[C@@H]2O)nc1.Cl. The number of halogens is 1. The fourth-order valence-corrected chi connectivity index (χ4v) is 1.89. The van der Waals surface area contributed by atoms with E-state index in [1.54, 1.807) is 12.3 Å². The molecule has 1 aromatic rings. The van der Waals surface area contributed by atoms with Crippen LogP contribution in [0.15, 0.2) is 18.3 Å². The van der Waals surface area contributed by atoms with Crippen molar-refractivity contribution >= 4 is 12.4 Å². The smallest absolute Gasteiger partial charge is 0.213 e. The van der Waals surface area contributed by atoms with Gasteiger partial charge in [-0.3, -0.25) is 0 Å². The predicted molar refractivity (Wildman–Crippen MR) is 75.2 cm³/mol. The van der Waals surface area contributed by atoms with Gasteiger partial charge in [-0.05, 0) is 32.9 Å². The number of aliphatic hydroxyl groups excluding tert-OH is 1. The summed E-state index contributed by atoms with van der Waals surface area (Å²) in [6, 6.07) is 3.60. The van der Waals surface area contributed by atoms with Gasteiger partial charge in [0.05, 0.1) is 12.3 Å². The van der Waals surface area contributed by atoms with Crippen LogP contribution in [0.25, 0.3) is 0 Å². The van der Waals surface area contributed by atoms with Gasteiger partial charge in [-0.1, -0.05) is 0 Å². The molecule has 0 spiro atoms. The molecule has 1 saturated heterocycles. The number of pyridine rings is 1. The Morgan fingerprint density at radius 3 is 2.79 bits per heavy atom. The molecular formula is C13H21ClN2O3. The lowest BCUT2D eigenvalue weighted by molar-refractivity contribution is 0.0137. The normalized spacial score (nSPS) is 22.7. The first kappa shape index (κ1) is 16.0. The minimum absolute atomic E-state index is 0. The first-order valence-corrected chi connectivity index (χ1v) is 6.33. The second-order valence-electron chi connectivity index (χ2n) is 4.72. The summed E-state index contributed by atoms with van der Waals surface area (Å²) in [5.41, 5.74) is 0. The van der Waals surface area contributed by atoms with Gasteiger partial charge in [-0.15, -0.1) is 12.4 Å². The molecule has 0 aromatic carbocycles. The molecule has 0 bridgehead atoms. The van der Waals surface area contributed by atoms with Crippen LogP contribution in [0.4, 0.5) is 0 Å². The number of rotatable bonds is 4. The molecule has 2 rings (SSSR count). The van der Waals surface area contributed by atoms with Crippen molar-refractivity contribution in [3.8, 4) is 11.6 Å². The molecule has 6 heteroatoms. The predicted octanol–water partition coefficient (Wildman–Crippen LogP) is 1.39. The summed E-state index contributed by atoms with van der Waals surface area (Å²) >= 11 is 0. The number of hydrogen-bond acceptors (Lipinski definition) is 5. The first-order chi connectivity index (χ1) is 8.65. The van der Waals surface area contributed by atoms with Crippen molar-refractivity contribution < 1.29 is 14.6 Å². The van der Waals surface area contributed by atoms with Gasteiger partial charge < -0.3 is 19.9 Å². The van der Waals surface area contributed by atoms with Gasteiger partial charge in [0, 0.05) is 12.6 Å². The summed E-state index contributed by atoms with van der Waals surface area (Å²) in [5.74, 6) is 1.25. The fraction of sp³-hybridized carbons (Fsp3) is 0.615. The van der Waals surface area contributed by atoms with Gasteiger partial charge in [0.25, 0.3) is 0 Å². The highest BCUT2D eigenvalue weighted by atomic mass is 35.5. The van der Waals surface area contributed by atoms with Gasteiger partial charge in [-0.25, -0.2) is 4.98 Å². The number of ether oxygens (including phenoxy) is 2. The molecule has 1 aromatic heterocycles. The van der Waals surface area contributed by atoms with Crippen LogP contribution in [0, 0.1) is 0 Å². The molecule has 2 atom stereocenters. The van der Waals surface area contributed by atoms with Gasteiger partial charge in [0.2, 0.25) is 5.88 Å². The number of nitrogens with zero attached hydrogens (tertiary/aromatic N) is 1.